The van der Waals surface area contributed by atoms with Crippen LogP contribution in [0.25, 0.3) is 0 Å². The van der Waals surface area contributed by atoms with Gasteiger partial charge < -0.3 is 20.9 Å². The average molecular weight is 715 g/mol. The molecule has 8 nitrogen and oxygen atoms in total. The van der Waals surface area contributed by atoms with E-state index in [0.29, 0.717) is 11.3 Å². The molecule has 0 spiro atoms. The molecule has 9 atom stereocenters. The van der Waals surface area contributed by atoms with E-state index in [1.807, 2.05) is 0 Å². The number of ketones is 1. The Kier molecular flexibility index (Phi) is 12.9. The van der Waals surface area contributed by atoms with Gasteiger partial charge in [0.05, 0.1) is 12.5 Å². The van der Waals surface area contributed by atoms with E-state index in [0.717, 1.165) is 37.5 Å². The van der Waals surface area contributed by atoms with Crippen molar-refractivity contribution in [2.24, 2.45) is 45.1 Å². The maximum absolute atomic E-state index is 13.2. The van der Waals surface area contributed by atoms with Crippen molar-refractivity contribution in [1.82, 2.24) is 5.32 Å². The molecule has 2 saturated carbocycles. The molecule has 2 fully saturated rings. The summed E-state index contributed by atoms with van der Waals surface area (Å²) < 4.78 is 6.17. The summed E-state index contributed by atoms with van der Waals surface area (Å²) in [6, 6.07) is -2.01. The minimum atomic E-state index is -1.18. The summed E-state index contributed by atoms with van der Waals surface area (Å²) >= 11 is 4.21. The van der Waals surface area contributed by atoms with Crippen molar-refractivity contribution in [3.8, 4) is 0 Å². The molecule has 9 heteroatoms. The van der Waals surface area contributed by atoms with E-state index in [-0.39, 0.29) is 65.5 Å². The molecular weight excluding hydrogens is 649 g/mol. The van der Waals surface area contributed by atoms with Crippen LogP contribution < -0.4 is 11.1 Å². The lowest BCUT2D eigenvalue weighted by molar-refractivity contribution is -0.170. The van der Waals surface area contributed by atoms with Crippen molar-refractivity contribution in [3.63, 3.8) is 0 Å². The molecule has 0 radical (unpaired) electrons. The zero-order chi connectivity index (χ0) is 37.2. The first-order valence-electron chi connectivity index (χ1n) is 19.3. The van der Waals surface area contributed by atoms with Gasteiger partial charge >= 0.3 is 11.9 Å². The van der Waals surface area contributed by atoms with Crippen LogP contribution in [-0.2, 0) is 23.9 Å². The van der Waals surface area contributed by atoms with Crippen molar-refractivity contribution >= 4 is 36.3 Å². The number of fused-ring (bicyclic) bond motifs is 4. The number of aliphatic carboxylic acids is 1. The molecule has 4 N–H and O–H groups in total. The number of nitrogens with two attached hydrogens (primary N) is 1. The van der Waals surface area contributed by atoms with E-state index >= 15 is 0 Å². The third kappa shape index (κ3) is 7.94. The minimum absolute atomic E-state index is 0.0353. The Morgan fingerprint density at radius 3 is 2.30 bits per heavy atom. The topological polar surface area (TPSA) is 136 Å². The van der Waals surface area contributed by atoms with Gasteiger partial charge in [0.25, 0.3) is 0 Å². The normalized spacial score (nSPS) is 33.2. The molecule has 0 unspecified atom stereocenters. The highest BCUT2D eigenvalue weighted by Gasteiger charge is 2.63. The third-order valence-corrected chi connectivity index (χ3v) is 14.7. The summed E-state index contributed by atoms with van der Waals surface area (Å²) in [6.45, 7) is 19.2. The number of thiol groups is 1. The number of allylic oxidation sites excluding steroid dienone is 4. The monoisotopic (exact) mass is 714 g/mol. The average Bonchev–Trinajstić information content (AvgIpc) is 3.33. The number of rotatable bonds is 15. The van der Waals surface area contributed by atoms with Crippen LogP contribution >= 0.6 is 12.6 Å². The van der Waals surface area contributed by atoms with Gasteiger partial charge in [-0.05, 0) is 118 Å². The first kappa shape index (κ1) is 40.6. The Morgan fingerprint density at radius 1 is 0.960 bits per heavy atom. The zero-order valence-corrected chi connectivity index (χ0v) is 33.1. The zero-order valence-electron chi connectivity index (χ0n) is 32.2. The molecule has 0 aliphatic heterocycles. The van der Waals surface area contributed by atoms with Gasteiger partial charge in [0.15, 0.2) is 5.78 Å². The van der Waals surface area contributed by atoms with Gasteiger partial charge in [-0.1, -0.05) is 64.3 Å². The predicted octanol–water partition coefficient (Wildman–Crippen LogP) is 7.99. The fourth-order valence-corrected chi connectivity index (χ4v) is 11.5. The maximum Gasteiger partial charge on any atom is 0.320 e. The highest BCUT2D eigenvalue weighted by atomic mass is 32.1. The number of carboxylic acids is 1. The maximum atomic E-state index is 13.2. The molecule has 0 aromatic heterocycles. The Balaban J connectivity index is 1.38. The summed E-state index contributed by atoms with van der Waals surface area (Å²) in [5.41, 5.74) is 10.9. The van der Waals surface area contributed by atoms with Gasteiger partial charge in [0, 0.05) is 24.0 Å². The lowest BCUT2D eigenvalue weighted by Gasteiger charge is -2.62. The number of nitrogens with one attached hydrogen (secondary N) is 1. The molecule has 0 aromatic carbocycles. The summed E-state index contributed by atoms with van der Waals surface area (Å²) in [7, 11) is 0. The first-order valence-corrected chi connectivity index (χ1v) is 19.9. The van der Waals surface area contributed by atoms with Crippen LogP contribution in [0.3, 0.4) is 0 Å². The van der Waals surface area contributed by atoms with Crippen LogP contribution in [0.15, 0.2) is 22.8 Å². The molecule has 50 heavy (non-hydrogen) atoms. The number of carbonyl (C=O) groups excluding carboxylic acids is 3. The quantitative estimate of drug-likeness (QED) is 0.0767. The second-order valence-corrected chi connectivity index (χ2v) is 18.2. The van der Waals surface area contributed by atoms with Crippen molar-refractivity contribution in [3.05, 3.63) is 22.8 Å². The van der Waals surface area contributed by atoms with Gasteiger partial charge in [0.2, 0.25) is 5.91 Å². The van der Waals surface area contributed by atoms with Gasteiger partial charge in [0.1, 0.15) is 12.1 Å². The standard InChI is InChI=1S/C41H66N2O6S/c1-25(2)10-9-11-26(3)27-18-22-41(8)29-12-15-33-38(4,5)34(20-21-39(33,6)28(29)19-23-40(27,41)7)49-36(46)17-14-32(44)31(24-50)43-35(45)16-13-30(42)37(47)48/h10,26-27,30-31,33-34,50H,9,11-24,42H2,1-8H3,(H,43,45)(H,47,48)/t26-,27-,30+,31+,33+,34+,39-,40-,41+/m1/s1. The van der Waals surface area contributed by atoms with Crippen LogP contribution in [0.4, 0.5) is 0 Å². The van der Waals surface area contributed by atoms with Gasteiger partial charge in [-0.25, -0.2) is 0 Å². The molecule has 0 heterocycles. The van der Waals surface area contributed by atoms with Crippen LogP contribution in [0.1, 0.15) is 145 Å². The molecular formula is C41H66N2O6S. The number of esters is 1. The fraction of sp³-hybridized carbons (Fsp3) is 0.805. The van der Waals surface area contributed by atoms with Crippen LogP contribution in [0.5, 0.6) is 0 Å². The van der Waals surface area contributed by atoms with E-state index in [1.54, 1.807) is 11.1 Å². The molecule has 0 bridgehead atoms. The summed E-state index contributed by atoms with van der Waals surface area (Å²) in [6.07, 6.45) is 13.5. The third-order valence-electron chi connectivity index (χ3n) is 14.4. The molecule has 1 amide bonds. The number of hydrogen-bond acceptors (Lipinski definition) is 7. The summed E-state index contributed by atoms with van der Waals surface area (Å²) in [5, 5.41) is 11.5. The second kappa shape index (κ2) is 15.9. The number of carbonyl (C=O) groups is 4. The van der Waals surface area contributed by atoms with E-state index in [4.69, 9.17) is 15.6 Å². The van der Waals surface area contributed by atoms with Crippen LogP contribution in [0.2, 0.25) is 0 Å². The van der Waals surface area contributed by atoms with Crippen molar-refractivity contribution in [2.45, 2.75) is 163 Å². The van der Waals surface area contributed by atoms with Crippen molar-refractivity contribution < 1.29 is 29.0 Å². The lowest BCUT2D eigenvalue weighted by Crippen LogP contribution is -2.55. The van der Waals surface area contributed by atoms with Crippen molar-refractivity contribution in [1.29, 1.82) is 0 Å². The molecule has 282 valence electrons. The smallest absolute Gasteiger partial charge is 0.320 e. The minimum Gasteiger partial charge on any atom is -0.480 e. The number of Topliss-reactive ketones (excluding diaryl/α,β-unsaturated/α-hetero) is 1. The summed E-state index contributed by atoms with van der Waals surface area (Å²) in [4.78, 5) is 49.3. The lowest BCUT2D eigenvalue weighted by atomic mass is 9.43. The second-order valence-electron chi connectivity index (χ2n) is 17.8. The van der Waals surface area contributed by atoms with E-state index in [1.165, 1.54) is 44.1 Å². The van der Waals surface area contributed by atoms with E-state index < -0.39 is 24.0 Å². The van der Waals surface area contributed by atoms with Gasteiger partial charge in [-0.2, -0.15) is 12.6 Å². The number of amides is 1. The molecule has 0 saturated heterocycles. The van der Waals surface area contributed by atoms with E-state index in [9.17, 15) is 19.2 Å². The SMILES string of the molecule is CC(C)=CCC[C@@H](C)[C@H]1CC[C@@]2(C)C3=C(CC[C@]12C)[C@@]1(C)CC[C@H](OC(=O)CCC(=O)[C@H](CS)NC(=O)CC[C@H](N)C(=O)O)C(C)(C)[C@@H]1CC3. The number of ether oxygens (including phenoxy) is 1. The molecule has 0 aromatic rings. The first-order chi connectivity index (χ1) is 23.3. The predicted molar refractivity (Wildman–Crippen MR) is 202 cm³/mol. The Hall–Kier alpha value is -2.13. The highest BCUT2D eigenvalue weighted by Crippen LogP contribution is 2.72. The molecule has 4 rings (SSSR count). The Labute approximate surface area is 307 Å². The number of hydrogen-bond donors (Lipinski definition) is 4. The number of carboxylic acid groups (broad SMARTS) is 1. The largest absolute Gasteiger partial charge is 0.480 e. The highest BCUT2D eigenvalue weighted by molar-refractivity contribution is 7.80. The summed E-state index contributed by atoms with van der Waals surface area (Å²) in [5.74, 6) is -0.364. The molecule has 4 aliphatic rings. The van der Waals surface area contributed by atoms with E-state index in [2.05, 4.69) is 79.4 Å². The van der Waals surface area contributed by atoms with Gasteiger partial charge in [-0.15, -0.1) is 0 Å². The molecule has 4 aliphatic carbocycles. The Bertz CT molecular complexity index is 1370. The van der Waals surface area contributed by atoms with Crippen LogP contribution in [0, 0.1) is 39.4 Å². The van der Waals surface area contributed by atoms with Gasteiger partial charge in [-0.3, -0.25) is 19.2 Å². The Morgan fingerprint density at radius 2 is 1.66 bits per heavy atom. The fourth-order valence-electron chi connectivity index (χ4n) is 11.2. The van der Waals surface area contributed by atoms with Crippen molar-refractivity contribution in [2.75, 3.05) is 5.75 Å². The van der Waals surface area contributed by atoms with Crippen LogP contribution in [-0.4, -0.2) is 52.7 Å².